The van der Waals surface area contributed by atoms with E-state index < -0.39 is 5.97 Å². The molecule has 0 saturated carbocycles. The smallest absolute Gasteiger partial charge is 0.340 e. The van der Waals surface area contributed by atoms with Crippen molar-refractivity contribution < 1.29 is 28.6 Å². The van der Waals surface area contributed by atoms with E-state index in [0.29, 0.717) is 35.1 Å². The molecule has 1 heterocycles. The van der Waals surface area contributed by atoms with Gasteiger partial charge in [-0.3, -0.25) is 14.5 Å². The SMILES string of the molecule is CCOC(=O)C1=C(C)N(c2ccc(OCC)cc2)C(=O)/C1=C\c1ccc(OCC(=O)N[C@@H](C)c2ccccc2)cc1. The van der Waals surface area contributed by atoms with Gasteiger partial charge in [-0.1, -0.05) is 42.5 Å². The number of anilines is 1. The van der Waals surface area contributed by atoms with Gasteiger partial charge in [-0.2, -0.15) is 0 Å². The van der Waals surface area contributed by atoms with Crippen LogP contribution in [0.2, 0.25) is 0 Å². The second kappa shape index (κ2) is 13.5. The average molecular weight is 555 g/mol. The third kappa shape index (κ3) is 7.03. The van der Waals surface area contributed by atoms with Crippen LogP contribution < -0.4 is 19.7 Å². The van der Waals surface area contributed by atoms with Crippen molar-refractivity contribution >= 4 is 29.5 Å². The summed E-state index contributed by atoms with van der Waals surface area (Å²) in [7, 11) is 0. The molecule has 0 aromatic heterocycles. The maximum absolute atomic E-state index is 13.6. The van der Waals surface area contributed by atoms with Crippen LogP contribution in [-0.2, 0) is 19.1 Å². The Morgan fingerprint density at radius 1 is 0.878 bits per heavy atom. The summed E-state index contributed by atoms with van der Waals surface area (Å²) in [5.41, 5.74) is 3.25. The van der Waals surface area contributed by atoms with E-state index in [0.717, 1.165) is 5.56 Å². The molecule has 2 amide bonds. The lowest BCUT2D eigenvalue weighted by Crippen LogP contribution is -2.31. The quantitative estimate of drug-likeness (QED) is 0.245. The number of ether oxygens (including phenoxy) is 3. The minimum Gasteiger partial charge on any atom is -0.494 e. The number of carbonyl (C=O) groups excluding carboxylic acids is 3. The number of amides is 2. The highest BCUT2D eigenvalue weighted by Crippen LogP contribution is 2.36. The van der Waals surface area contributed by atoms with Gasteiger partial charge in [-0.25, -0.2) is 4.79 Å². The Kier molecular flexibility index (Phi) is 9.58. The van der Waals surface area contributed by atoms with Crippen LogP contribution in [0.1, 0.15) is 44.9 Å². The Bertz CT molecular complexity index is 1440. The Morgan fingerprint density at radius 2 is 1.51 bits per heavy atom. The molecule has 212 valence electrons. The lowest BCUT2D eigenvalue weighted by molar-refractivity contribution is -0.138. The first-order chi connectivity index (χ1) is 19.8. The molecule has 0 aliphatic carbocycles. The van der Waals surface area contributed by atoms with Gasteiger partial charge >= 0.3 is 5.97 Å². The van der Waals surface area contributed by atoms with Crippen LogP contribution in [0.15, 0.2) is 95.7 Å². The van der Waals surface area contributed by atoms with Gasteiger partial charge in [0.05, 0.1) is 30.4 Å². The Labute approximate surface area is 240 Å². The molecule has 0 fully saturated rings. The molecule has 1 aliphatic heterocycles. The van der Waals surface area contributed by atoms with Gasteiger partial charge in [-0.15, -0.1) is 0 Å². The van der Waals surface area contributed by atoms with Crippen LogP contribution in [0.5, 0.6) is 11.5 Å². The lowest BCUT2D eigenvalue weighted by atomic mass is 10.0. The van der Waals surface area contributed by atoms with E-state index in [4.69, 9.17) is 14.2 Å². The van der Waals surface area contributed by atoms with Crippen LogP contribution in [0.3, 0.4) is 0 Å². The minimum absolute atomic E-state index is 0.137. The molecule has 0 saturated heterocycles. The summed E-state index contributed by atoms with van der Waals surface area (Å²) >= 11 is 0. The average Bonchev–Trinajstić information content (AvgIpc) is 3.22. The van der Waals surface area contributed by atoms with Crippen molar-refractivity contribution in [2.24, 2.45) is 0 Å². The fourth-order valence-corrected chi connectivity index (χ4v) is 4.53. The maximum atomic E-state index is 13.6. The standard InChI is InChI=1S/C33H34N2O6/c1-5-39-27-18-14-26(15-19-27)35-23(4)31(33(38)40-6-2)29(32(35)37)20-24-12-16-28(17-13-24)41-21-30(36)34-22(3)25-10-8-7-9-11-25/h7-20,22H,5-6,21H2,1-4H3,(H,34,36)/b29-20-/t22-/m0/s1. The predicted molar refractivity (Wildman–Crippen MR) is 157 cm³/mol. The Morgan fingerprint density at radius 3 is 2.15 bits per heavy atom. The number of hydrogen-bond donors (Lipinski definition) is 1. The molecule has 41 heavy (non-hydrogen) atoms. The zero-order valence-electron chi connectivity index (χ0n) is 23.7. The summed E-state index contributed by atoms with van der Waals surface area (Å²) in [6, 6.07) is 23.6. The zero-order valence-corrected chi connectivity index (χ0v) is 23.7. The van der Waals surface area contributed by atoms with Crippen molar-refractivity contribution in [3.8, 4) is 11.5 Å². The number of allylic oxidation sites excluding steroid dienone is 1. The molecular formula is C33H34N2O6. The fourth-order valence-electron chi connectivity index (χ4n) is 4.53. The number of hydrogen-bond acceptors (Lipinski definition) is 6. The topological polar surface area (TPSA) is 94.2 Å². The van der Waals surface area contributed by atoms with Crippen LogP contribution in [0, 0.1) is 0 Å². The van der Waals surface area contributed by atoms with Crippen molar-refractivity contribution in [1.82, 2.24) is 5.32 Å². The maximum Gasteiger partial charge on any atom is 0.340 e. The summed E-state index contributed by atoms with van der Waals surface area (Å²) in [6.07, 6.45) is 1.66. The fraction of sp³-hybridized carbons (Fsp3) is 0.242. The highest BCUT2D eigenvalue weighted by Gasteiger charge is 2.38. The molecule has 4 rings (SSSR count). The van der Waals surface area contributed by atoms with E-state index >= 15 is 0 Å². The summed E-state index contributed by atoms with van der Waals surface area (Å²) in [6.45, 7) is 7.84. The molecule has 8 nitrogen and oxygen atoms in total. The van der Waals surface area contributed by atoms with Crippen LogP contribution in [0.25, 0.3) is 6.08 Å². The van der Waals surface area contributed by atoms with Crippen LogP contribution >= 0.6 is 0 Å². The molecule has 1 atom stereocenters. The predicted octanol–water partition coefficient (Wildman–Crippen LogP) is 5.61. The number of benzene rings is 3. The molecule has 1 N–H and O–H groups in total. The van der Waals surface area contributed by atoms with Gasteiger partial charge in [0.1, 0.15) is 11.5 Å². The number of rotatable bonds is 11. The summed E-state index contributed by atoms with van der Waals surface area (Å²) in [4.78, 5) is 40.4. The Hall–Kier alpha value is -4.85. The highest BCUT2D eigenvalue weighted by atomic mass is 16.5. The molecule has 0 radical (unpaired) electrons. The molecule has 0 bridgehead atoms. The first-order valence-electron chi connectivity index (χ1n) is 13.6. The van der Waals surface area contributed by atoms with E-state index in [2.05, 4.69) is 5.32 Å². The van der Waals surface area contributed by atoms with Crippen molar-refractivity contribution in [2.45, 2.75) is 33.7 Å². The molecule has 3 aromatic rings. The van der Waals surface area contributed by atoms with Crippen LogP contribution in [-0.4, -0.2) is 37.6 Å². The van der Waals surface area contributed by atoms with Gasteiger partial charge in [0.25, 0.3) is 11.8 Å². The van der Waals surface area contributed by atoms with E-state index in [1.165, 1.54) is 4.90 Å². The molecule has 8 heteroatoms. The number of nitrogens with zero attached hydrogens (tertiary/aromatic N) is 1. The molecule has 3 aromatic carbocycles. The van der Waals surface area contributed by atoms with Crippen molar-refractivity contribution in [1.29, 1.82) is 0 Å². The number of esters is 1. The van der Waals surface area contributed by atoms with Gasteiger partial charge in [-0.05, 0) is 81.3 Å². The molecule has 1 aliphatic rings. The van der Waals surface area contributed by atoms with Crippen molar-refractivity contribution in [3.05, 3.63) is 107 Å². The zero-order chi connectivity index (χ0) is 29.4. The number of nitrogens with one attached hydrogen (secondary N) is 1. The molecule has 0 spiro atoms. The first-order valence-corrected chi connectivity index (χ1v) is 13.6. The highest BCUT2D eigenvalue weighted by molar-refractivity contribution is 6.23. The Balaban J connectivity index is 1.48. The molecule has 0 unspecified atom stereocenters. The third-order valence-corrected chi connectivity index (χ3v) is 6.52. The second-order valence-electron chi connectivity index (χ2n) is 9.36. The third-order valence-electron chi connectivity index (χ3n) is 6.52. The summed E-state index contributed by atoms with van der Waals surface area (Å²) < 4.78 is 16.5. The van der Waals surface area contributed by atoms with Gasteiger partial charge in [0.2, 0.25) is 0 Å². The number of carbonyl (C=O) groups is 3. The van der Waals surface area contributed by atoms with Gasteiger partial charge in [0, 0.05) is 11.4 Å². The van der Waals surface area contributed by atoms with E-state index in [9.17, 15) is 14.4 Å². The van der Waals surface area contributed by atoms with E-state index in [1.54, 1.807) is 68.5 Å². The minimum atomic E-state index is -0.561. The van der Waals surface area contributed by atoms with Crippen LogP contribution in [0.4, 0.5) is 5.69 Å². The molecular weight excluding hydrogens is 520 g/mol. The normalized spacial score (nSPS) is 14.7. The second-order valence-corrected chi connectivity index (χ2v) is 9.36. The van der Waals surface area contributed by atoms with E-state index in [1.807, 2.05) is 44.2 Å². The lowest BCUT2D eigenvalue weighted by Gasteiger charge is -2.18. The summed E-state index contributed by atoms with van der Waals surface area (Å²) in [5, 5.41) is 2.92. The largest absolute Gasteiger partial charge is 0.494 e. The van der Waals surface area contributed by atoms with Gasteiger partial charge in [0.15, 0.2) is 6.61 Å². The monoisotopic (exact) mass is 554 g/mol. The first kappa shape index (κ1) is 29.1. The summed E-state index contributed by atoms with van der Waals surface area (Å²) in [5.74, 6) is 0.0586. The van der Waals surface area contributed by atoms with Gasteiger partial charge < -0.3 is 19.5 Å². The van der Waals surface area contributed by atoms with Crippen molar-refractivity contribution in [2.75, 3.05) is 24.7 Å². The van der Waals surface area contributed by atoms with Crippen molar-refractivity contribution in [3.63, 3.8) is 0 Å². The van der Waals surface area contributed by atoms with E-state index in [-0.39, 0.29) is 42.2 Å².